The van der Waals surface area contributed by atoms with Crippen LogP contribution in [0.25, 0.3) is 0 Å². The van der Waals surface area contributed by atoms with Crippen molar-refractivity contribution in [3.05, 3.63) is 34.9 Å². The Morgan fingerprint density at radius 3 is 2.83 bits per heavy atom. The molecule has 0 saturated heterocycles. The van der Waals surface area contributed by atoms with Crippen LogP contribution in [0.5, 0.6) is 0 Å². The quantitative estimate of drug-likeness (QED) is 0.766. The molecule has 0 saturated carbocycles. The van der Waals surface area contributed by atoms with Gasteiger partial charge in [-0.05, 0) is 30.2 Å². The highest BCUT2D eigenvalue weighted by molar-refractivity contribution is 7.98. The summed E-state index contributed by atoms with van der Waals surface area (Å²) >= 11 is 1.70. The molecule has 1 unspecified atom stereocenters. The number of ether oxygens (including phenoxy) is 1. The first-order chi connectivity index (χ1) is 8.58. The van der Waals surface area contributed by atoms with Gasteiger partial charge < -0.3 is 4.74 Å². The number of hydrogen-bond acceptors (Lipinski definition) is 4. The van der Waals surface area contributed by atoms with Gasteiger partial charge in [-0.15, -0.1) is 0 Å². The normalized spacial score (nSPS) is 11.7. The second kappa shape index (κ2) is 7.07. The van der Waals surface area contributed by atoms with Crippen molar-refractivity contribution < 1.29 is 9.53 Å². The van der Waals surface area contributed by atoms with Crippen LogP contribution in [0.2, 0.25) is 0 Å². The van der Waals surface area contributed by atoms with Gasteiger partial charge in [-0.25, -0.2) is 0 Å². The van der Waals surface area contributed by atoms with E-state index in [2.05, 4.69) is 10.8 Å². The Bertz CT molecular complexity index is 465. The molecule has 0 aliphatic rings. The summed E-state index contributed by atoms with van der Waals surface area (Å²) in [6.07, 6.45) is 0. The van der Waals surface area contributed by atoms with E-state index in [-0.39, 0.29) is 11.9 Å². The zero-order valence-corrected chi connectivity index (χ0v) is 11.7. The number of nitriles is 1. The molecule has 18 heavy (non-hydrogen) atoms. The molecule has 0 radical (unpaired) electrons. The van der Waals surface area contributed by atoms with Gasteiger partial charge in [-0.2, -0.15) is 17.0 Å². The van der Waals surface area contributed by atoms with Crippen LogP contribution >= 0.6 is 11.8 Å². The minimum atomic E-state index is -0.168. The minimum absolute atomic E-state index is 0.0845. The molecule has 0 aromatic heterocycles. The fourth-order valence-corrected chi connectivity index (χ4v) is 2.69. The summed E-state index contributed by atoms with van der Waals surface area (Å²) in [4.78, 5) is 11.2. The number of benzene rings is 1. The number of methoxy groups -OCH3 is 1. The van der Waals surface area contributed by atoms with E-state index in [4.69, 9.17) is 5.26 Å². The zero-order chi connectivity index (χ0) is 13.5. The number of aryl methyl sites for hydroxylation is 1. The number of nitrogens with zero attached hydrogens (tertiary/aromatic N) is 1. The molecule has 1 aromatic rings. The molecule has 96 valence electrons. The molecule has 3 nitrogen and oxygen atoms in total. The van der Waals surface area contributed by atoms with Crippen LogP contribution in [0.3, 0.4) is 0 Å². The molecule has 1 atom stereocenters. The summed E-state index contributed by atoms with van der Waals surface area (Å²) in [6, 6.07) is 7.81. The molecular formula is C14H17NO2S. The molecule has 0 aliphatic carbocycles. The fourth-order valence-electron chi connectivity index (χ4n) is 1.54. The Kier molecular flexibility index (Phi) is 5.73. The number of carbonyl (C=O) groups is 1. The largest absolute Gasteiger partial charge is 0.469 e. The predicted molar refractivity (Wildman–Crippen MR) is 73.2 cm³/mol. The molecule has 0 spiro atoms. The van der Waals surface area contributed by atoms with Crippen molar-refractivity contribution >= 4 is 17.7 Å². The molecule has 1 aromatic carbocycles. The molecule has 0 N–H and O–H groups in total. The molecule has 0 fully saturated rings. The van der Waals surface area contributed by atoms with Crippen molar-refractivity contribution in [3.8, 4) is 6.07 Å². The van der Waals surface area contributed by atoms with Crippen molar-refractivity contribution in [1.82, 2.24) is 0 Å². The van der Waals surface area contributed by atoms with Crippen LogP contribution in [0.1, 0.15) is 23.6 Å². The Morgan fingerprint density at radius 2 is 2.28 bits per heavy atom. The maximum absolute atomic E-state index is 11.2. The topological polar surface area (TPSA) is 50.1 Å². The molecule has 0 heterocycles. The second-order valence-corrected chi connectivity index (χ2v) is 5.22. The smallest absolute Gasteiger partial charge is 0.309 e. The summed E-state index contributed by atoms with van der Waals surface area (Å²) in [6.45, 7) is 3.87. The molecule has 0 amide bonds. The predicted octanol–water partition coefficient (Wildman–Crippen LogP) is 2.91. The van der Waals surface area contributed by atoms with E-state index in [1.807, 2.05) is 32.0 Å². The third kappa shape index (κ3) is 4.08. The van der Waals surface area contributed by atoms with Gasteiger partial charge in [-0.3, -0.25) is 4.79 Å². The fraction of sp³-hybridized carbons (Fsp3) is 0.429. The zero-order valence-electron chi connectivity index (χ0n) is 10.9. The van der Waals surface area contributed by atoms with Gasteiger partial charge in [0.1, 0.15) is 0 Å². The first-order valence-electron chi connectivity index (χ1n) is 5.73. The third-order valence-corrected chi connectivity index (χ3v) is 3.95. The highest BCUT2D eigenvalue weighted by Gasteiger charge is 2.12. The average molecular weight is 263 g/mol. The van der Waals surface area contributed by atoms with Crippen molar-refractivity contribution in [2.45, 2.75) is 19.6 Å². The van der Waals surface area contributed by atoms with Crippen LogP contribution in [0, 0.1) is 24.2 Å². The van der Waals surface area contributed by atoms with E-state index in [1.54, 1.807) is 11.8 Å². The standard InChI is InChI=1S/C14H17NO2S/c1-10-6-12(7-15)4-5-13(10)9-18-8-11(2)14(16)17-3/h4-6,11H,8-9H2,1-3H3. The van der Waals surface area contributed by atoms with Crippen LogP contribution in [0.15, 0.2) is 18.2 Å². The number of rotatable bonds is 5. The lowest BCUT2D eigenvalue weighted by molar-refractivity contribution is -0.143. The third-order valence-electron chi connectivity index (χ3n) is 2.70. The lowest BCUT2D eigenvalue weighted by atomic mass is 10.1. The van der Waals surface area contributed by atoms with E-state index in [0.29, 0.717) is 5.56 Å². The van der Waals surface area contributed by atoms with Crippen molar-refractivity contribution in [3.63, 3.8) is 0 Å². The summed E-state index contributed by atoms with van der Waals surface area (Å²) in [7, 11) is 1.41. The first-order valence-corrected chi connectivity index (χ1v) is 6.89. The van der Waals surface area contributed by atoms with Crippen LogP contribution < -0.4 is 0 Å². The maximum Gasteiger partial charge on any atom is 0.309 e. The lowest BCUT2D eigenvalue weighted by Crippen LogP contribution is -2.14. The highest BCUT2D eigenvalue weighted by Crippen LogP contribution is 2.19. The van der Waals surface area contributed by atoms with Gasteiger partial charge >= 0.3 is 5.97 Å². The van der Waals surface area contributed by atoms with E-state index < -0.39 is 0 Å². The van der Waals surface area contributed by atoms with Crippen molar-refractivity contribution in [2.75, 3.05) is 12.9 Å². The molecule has 1 rings (SSSR count). The van der Waals surface area contributed by atoms with Gasteiger partial charge in [0.25, 0.3) is 0 Å². The number of hydrogen-bond donors (Lipinski definition) is 0. The summed E-state index contributed by atoms with van der Waals surface area (Å²) in [5.41, 5.74) is 3.01. The van der Waals surface area contributed by atoms with E-state index in [1.165, 1.54) is 12.7 Å². The van der Waals surface area contributed by atoms with Crippen LogP contribution in [0.4, 0.5) is 0 Å². The Hall–Kier alpha value is -1.47. The van der Waals surface area contributed by atoms with Gasteiger partial charge in [0.05, 0.1) is 24.7 Å². The van der Waals surface area contributed by atoms with Crippen LogP contribution in [-0.4, -0.2) is 18.8 Å². The van der Waals surface area contributed by atoms with Gasteiger partial charge in [0.15, 0.2) is 0 Å². The highest BCUT2D eigenvalue weighted by atomic mass is 32.2. The maximum atomic E-state index is 11.2. The van der Waals surface area contributed by atoms with Gasteiger partial charge in [0, 0.05) is 11.5 Å². The first kappa shape index (κ1) is 14.6. The Labute approximate surface area is 112 Å². The monoisotopic (exact) mass is 263 g/mol. The lowest BCUT2D eigenvalue weighted by Gasteiger charge is -2.10. The number of esters is 1. The SMILES string of the molecule is COC(=O)C(C)CSCc1ccc(C#N)cc1C. The van der Waals surface area contributed by atoms with Gasteiger partial charge in [0.2, 0.25) is 0 Å². The number of carbonyl (C=O) groups excluding carboxylic acids is 1. The number of thioether (sulfide) groups is 1. The summed E-state index contributed by atoms with van der Waals surface area (Å²) in [5, 5.41) is 8.78. The summed E-state index contributed by atoms with van der Waals surface area (Å²) < 4.78 is 4.68. The molecular weight excluding hydrogens is 246 g/mol. The summed E-state index contributed by atoms with van der Waals surface area (Å²) in [5.74, 6) is 1.34. The second-order valence-electron chi connectivity index (χ2n) is 4.19. The average Bonchev–Trinajstić information content (AvgIpc) is 2.39. The van der Waals surface area contributed by atoms with Crippen molar-refractivity contribution in [1.29, 1.82) is 5.26 Å². The molecule has 0 bridgehead atoms. The van der Waals surface area contributed by atoms with Gasteiger partial charge in [-0.1, -0.05) is 13.0 Å². The molecule has 0 aliphatic heterocycles. The van der Waals surface area contributed by atoms with E-state index in [9.17, 15) is 4.79 Å². The van der Waals surface area contributed by atoms with E-state index in [0.717, 1.165) is 17.1 Å². The Morgan fingerprint density at radius 1 is 1.56 bits per heavy atom. The molecule has 4 heteroatoms. The minimum Gasteiger partial charge on any atom is -0.469 e. The van der Waals surface area contributed by atoms with Crippen molar-refractivity contribution in [2.24, 2.45) is 5.92 Å². The van der Waals surface area contributed by atoms with E-state index >= 15 is 0 Å². The van der Waals surface area contributed by atoms with Crippen LogP contribution in [-0.2, 0) is 15.3 Å². The Balaban J connectivity index is 2.50.